The van der Waals surface area contributed by atoms with E-state index in [-0.39, 0.29) is 0 Å². The predicted molar refractivity (Wildman–Crippen MR) is 86.5 cm³/mol. The minimum atomic E-state index is 0.345. The summed E-state index contributed by atoms with van der Waals surface area (Å²) < 4.78 is 5.23. The summed E-state index contributed by atoms with van der Waals surface area (Å²) in [5.74, 6) is 2.54. The van der Waals surface area contributed by atoms with E-state index in [4.69, 9.17) is 10.5 Å². The summed E-state index contributed by atoms with van der Waals surface area (Å²) in [7, 11) is 1.71. The van der Waals surface area contributed by atoms with Crippen molar-refractivity contribution in [1.29, 1.82) is 0 Å². The van der Waals surface area contributed by atoms with Crippen molar-refractivity contribution in [3.8, 4) is 5.75 Å². The Balaban J connectivity index is 1.58. The molecule has 0 aromatic heterocycles. The van der Waals surface area contributed by atoms with Crippen molar-refractivity contribution >= 4 is 0 Å². The van der Waals surface area contributed by atoms with E-state index in [9.17, 15) is 0 Å². The van der Waals surface area contributed by atoms with Crippen LogP contribution in [0.15, 0.2) is 24.3 Å². The van der Waals surface area contributed by atoms with Crippen molar-refractivity contribution in [3.63, 3.8) is 0 Å². The number of benzene rings is 1. The van der Waals surface area contributed by atoms with Gasteiger partial charge in [-0.1, -0.05) is 19.1 Å². The van der Waals surface area contributed by atoms with Crippen LogP contribution in [0.2, 0.25) is 0 Å². The molecule has 1 saturated heterocycles. The standard InChI is InChI=1S/C18H28N2O/c1-13-7-17(8-13)20-11-15(10-16(19)12-20)9-14-3-5-18(21-2)6-4-14/h3-6,13,15-17H,7-12,19H2,1-2H3. The molecule has 0 radical (unpaired) electrons. The molecule has 0 bridgehead atoms. The lowest BCUT2D eigenvalue weighted by Gasteiger charge is -2.47. The third-order valence-electron chi connectivity index (χ3n) is 5.15. The van der Waals surface area contributed by atoms with Crippen LogP contribution in [-0.2, 0) is 6.42 Å². The first-order valence-corrected chi connectivity index (χ1v) is 8.26. The first-order valence-electron chi connectivity index (χ1n) is 8.26. The Bertz CT molecular complexity index is 453. The van der Waals surface area contributed by atoms with Gasteiger partial charge in [-0.25, -0.2) is 0 Å². The van der Waals surface area contributed by atoms with Crippen molar-refractivity contribution < 1.29 is 4.74 Å². The van der Waals surface area contributed by atoms with Gasteiger partial charge in [-0.3, -0.25) is 4.90 Å². The number of nitrogens with zero attached hydrogens (tertiary/aromatic N) is 1. The van der Waals surface area contributed by atoms with E-state index in [1.807, 2.05) is 0 Å². The minimum absolute atomic E-state index is 0.345. The van der Waals surface area contributed by atoms with Gasteiger partial charge in [-0.05, 0) is 55.2 Å². The molecule has 0 amide bonds. The smallest absolute Gasteiger partial charge is 0.118 e. The number of likely N-dealkylation sites (tertiary alicyclic amines) is 1. The average Bonchev–Trinajstić information content (AvgIpc) is 2.44. The highest BCUT2D eigenvalue weighted by atomic mass is 16.5. The molecule has 1 saturated carbocycles. The molecule has 1 heterocycles. The largest absolute Gasteiger partial charge is 0.497 e. The Morgan fingerprint density at radius 3 is 2.48 bits per heavy atom. The van der Waals surface area contributed by atoms with Gasteiger partial charge in [0.05, 0.1) is 7.11 Å². The second-order valence-corrected chi connectivity index (χ2v) is 7.10. The molecule has 3 heteroatoms. The van der Waals surface area contributed by atoms with Crippen molar-refractivity contribution in [2.75, 3.05) is 20.2 Å². The molecular formula is C18H28N2O. The lowest BCUT2D eigenvalue weighted by atomic mass is 9.78. The van der Waals surface area contributed by atoms with Crippen LogP contribution in [0.5, 0.6) is 5.75 Å². The molecule has 3 rings (SSSR count). The summed E-state index contributed by atoms with van der Waals surface area (Å²) in [4.78, 5) is 2.66. The Morgan fingerprint density at radius 1 is 1.14 bits per heavy atom. The second-order valence-electron chi connectivity index (χ2n) is 7.10. The second kappa shape index (κ2) is 6.37. The zero-order valence-electron chi connectivity index (χ0n) is 13.3. The lowest BCUT2D eigenvalue weighted by Crippen LogP contribution is -2.54. The van der Waals surface area contributed by atoms with Crippen LogP contribution in [0.4, 0.5) is 0 Å². The van der Waals surface area contributed by atoms with Crippen molar-refractivity contribution in [2.45, 2.75) is 44.7 Å². The molecule has 1 aromatic rings. The number of rotatable bonds is 4. The predicted octanol–water partition coefficient (Wildman–Crippen LogP) is 2.69. The van der Waals surface area contributed by atoms with Crippen molar-refractivity contribution in [1.82, 2.24) is 4.90 Å². The molecule has 116 valence electrons. The molecule has 21 heavy (non-hydrogen) atoms. The highest BCUT2D eigenvalue weighted by Crippen LogP contribution is 2.34. The van der Waals surface area contributed by atoms with E-state index in [1.54, 1.807) is 7.11 Å². The van der Waals surface area contributed by atoms with E-state index >= 15 is 0 Å². The molecule has 1 aliphatic carbocycles. The van der Waals surface area contributed by atoms with Gasteiger partial charge in [0.15, 0.2) is 0 Å². The van der Waals surface area contributed by atoms with Crippen molar-refractivity contribution in [3.05, 3.63) is 29.8 Å². The zero-order valence-corrected chi connectivity index (χ0v) is 13.3. The molecule has 3 nitrogen and oxygen atoms in total. The normalized spacial score (nSPS) is 33.5. The number of nitrogens with two attached hydrogens (primary N) is 1. The van der Waals surface area contributed by atoms with Crippen molar-refractivity contribution in [2.24, 2.45) is 17.6 Å². The summed E-state index contributed by atoms with van der Waals surface area (Å²) in [6.45, 7) is 4.67. The number of ether oxygens (including phenoxy) is 1. The third-order valence-corrected chi connectivity index (χ3v) is 5.15. The van der Waals surface area contributed by atoms with Gasteiger partial charge in [0.1, 0.15) is 5.75 Å². The number of piperidine rings is 1. The van der Waals surface area contributed by atoms with E-state index < -0.39 is 0 Å². The molecule has 1 aromatic carbocycles. The summed E-state index contributed by atoms with van der Waals surface area (Å²) in [5, 5.41) is 0. The number of methoxy groups -OCH3 is 1. The van der Waals surface area contributed by atoms with E-state index in [0.717, 1.165) is 37.1 Å². The summed E-state index contributed by atoms with van der Waals surface area (Å²) >= 11 is 0. The summed E-state index contributed by atoms with van der Waals surface area (Å²) in [6.07, 6.45) is 5.02. The van der Waals surface area contributed by atoms with Gasteiger partial charge in [-0.15, -0.1) is 0 Å². The fourth-order valence-electron chi connectivity index (χ4n) is 3.98. The first kappa shape index (κ1) is 14.9. The summed E-state index contributed by atoms with van der Waals surface area (Å²) in [6, 6.07) is 9.64. The van der Waals surface area contributed by atoms with Gasteiger partial charge >= 0.3 is 0 Å². The first-order chi connectivity index (χ1) is 10.1. The molecule has 2 aliphatic rings. The van der Waals surface area contributed by atoms with Crippen LogP contribution in [0, 0.1) is 11.8 Å². The van der Waals surface area contributed by atoms with Crippen LogP contribution < -0.4 is 10.5 Å². The van der Waals surface area contributed by atoms with Crippen LogP contribution in [-0.4, -0.2) is 37.2 Å². The van der Waals surface area contributed by atoms with Crippen LogP contribution >= 0.6 is 0 Å². The summed E-state index contributed by atoms with van der Waals surface area (Å²) in [5.41, 5.74) is 7.70. The highest BCUT2D eigenvalue weighted by molar-refractivity contribution is 5.27. The Hall–Kier alpha value is -1.06. The maximum absolute atomic E-state index is 6.30. The maximum atomic E-state index is 6.30. The SMILES string of the molecule is COc1ccc(CC2CC(N)CN(C3CC(C)C3)C2)cc1. The van der Waals surface area contributed by atoms with Gasteiger partial charge in [0, 0.05) is 25.2 Å². The van der Waals surface area contributed by atoms with Crippen LogP contribution in [0.1, 0.15) is 31.7 Å². The molecule has 1 aliphatic heterocycles. The van der Waals surface area contributed by atoms with Gasteiger partial charge in [0.25, 0.3) is 0 Å². The topological polar surface area (TPSA) is 38.5 Å². The minimum Gasteiger partial charge on any atom is -0.497 e. The Labute approximate surface area is 128 Å². The van der Waals surface area contributed by atoms with Gasteiger partial charge in [0.2, 0.25) is 0 Å². The third kappa shape index (κ3) is 3.58. The van der Waals surface area contributed by atoms with E-state index in [0.29, 0.717) is 12.0 Å². The van der Waals surface area contributed by atoms with Crippen LogP contribution in [0.3, 0.4) is 0 Å². The molecule has 0 spiro atoms. The fourth-order valence-corrected chi connectivity index (χ4v) is 3.98. The lowest BCUT2D eigenvalue weighted by molar-refractivity contribution is 0.0402. The maximum Gasteiger partial charge on any atom is 0.118 e. The number of hydrogen-bond acceptors (Lipinski definition) is 3. The fraction of sp³-hybridized carbons (Fsp3) is 0.667. The van der Waals surface area contributed by atoms with Gasteiger partial charge in [-0.2, -0.15) is 0 Å². The Morgan fingerprint density at radius 2 is 1.86 bits per heavy atom. The average molecular weight is 288 g/mol. The molecule has 2 fully saturated rings. The molecular weight excluding hydrogens is 260 g/mol. The quantitative estimate of drug-likeness (QED) is 0.926. The molecule has 2 atom stereocenters. The van der Waals surface area contributed by atoms with Crippen LogP contribution in [0.25, 0.3) is 0 Å². The van der Waals surface area contributed by atoms with E-state index in [1.165, 1.54) is 24.9 Å². The molecule has 2 N–H and O–H groups in total. The highest BCUT2D eigenvalue weighted by Gasteiger charge is 2.35. The monoisotopic (exact) mass is 288 g/mol. The van der Waals surface area contributed by atoms with Gasteiger partial charge < -0.3 is 10.5 Å². The Kier molecular flexibility index (Phi) is 4.51. The number of hydrogen-bond donors (Lipinski definition) is 1. The zero-order chi connectivity index (χ0) is 14.8. The molecule has 2 unspecified atom stereocenters. The van der Waals surface area contributed by atoms with E-state index in [2.05, 4.69) is 36.1 Å².